The summed E-state index contributed by atoms with van der Waals surface area (Å²) in [6.45, 7) is 0.356. The molecule has 0 saturated heterocycles. The first-order chi connectivity index (χ1) is 9.97. The number of pyridine rings is 1. The molecule has 3 N–H and O–H groups in total. The molecule has 0 aliphatic rings. The highest BCUT2D eigenvalue weighted by Crippen LogP contribution is 2.08. The summed E-state index contributed by atoms with van der Waals surface area (Å²) in [5, 5.41) is 0. The molecule has 2 amide bonds. The number of carbonyl (C=O) groups is 2. The van der Waals surface area contributed by atoms with Crippen LogP contribution in [0.2, 0.25) is 0 Å². The quantitative estimate of drug-likeness (QED) is 0.867. The minimum atomic E-state index is -0.493. The molecule has 21 heavy (non-hydrogen) atoms. The highest BCUT2D eigenvalue weighted by molar-refractivity contribution is 5.93. The van der Waals surface area contributed by atoms with Gasteiger partial charge in [-0.1, -0.05) is 18.2 Å². The Bertz CT molecular complexity index is 719. The van der Waals surface area contributed by atoms with Gasteiger partial charge in [-0.3, -0.25) is 14.4 Å². The molecule has 0 fully saturated rings. The minimum Gasteiger partial charge on any atom is -0.366 e. The Labute approximate surface area is 121 Å². The molecule has 2 rings (SSSR count). The summed E-state index contributed by atoms with van der Waals surface area (Å²) in [5.74, 6) is -0.778. The van der Waals surface area contributed by atoms with Gasteiger partial charge < -0.3 is 15.6 Å². The first-order valence-corrected chi connectivity index (χ1v) is 6.31. The van der Waals surface area contributed by atoms with Gasteiger partial charge in [-0.25, -0.2) is 0 Å². The predicted octanol–water partition coefficient (Wildman–Crippen LogP) is 0.746. The van der Waals surface area contributed by atoms with Crippen LogP contribution < -0.4 is 11.3 Å². The lowest BCUT2D eigenvalue weighted by atomic mass is 10.1. The summed E-state index contributed by atoms with van der Waals surface area (Å²) < 4.78 is 0. The SMILES string of the molecule is CN(Cc1ccc(C(N)=O)cc1)C(=O)c1cccc(=O)[nH]1. The third-order valence-corrected chi connectivity index (χ3v) is 3.00. The molecule has 1 aromatic carbocycles. The number of H-pyrrole nitrogens is 1. The third kappa shape index (κ3) is 3.56. The van der Waals surface area contributed by atoms with Gasteiger partial charge in [-0.2, -0.15) is 0 Å². The Balaban J connectivity index is 2.10. The van der Waals surface area contributed by atoms with Crippen LogP contribution in [0.1, 0.15) is 26.4 Å². The van der Waals surface area contributed by atoms with Crippen molar-refractivity contribution in [2.75, 3.05) is 7.05 Å². The highest BCUT2D eigenvalue weighted by atomic mass is 16.2. The molecule has 0 atom stereocenters. The molecule has 2 aromatic rings. The third-order valence-electron chi connectivity index (χ3n) is 3.00. The number of hydrogen-bond donors (Lipinski definition) is 2. The number of aromatic amines is 1. The molecule has 0 radical (unpaired) electrons. The molecule has 6 nitrogen and oxygen atoms in total. The van der Waals surface area contributed by atoms with Crippen LogP contribution in [0.4, 0.5) is 0 Å². The van der Waals surface area contributed by atoms with Crippen LogP contribution in [0, 0.1) is 0 Å². The van der Waals surface area contributed by atoms with Gasteiger partial charge in [-0.05, 0) is 23.8 Å². The first-order valence-electron chi connectivity index (χ1n) is 6.31. The van der Waals surface area contributed by atoms with Gasteiger partial charge in [-0.15, -0.1) is 0 Å². The van der Waals surface area contributed by atoms with Crippen LogP contribution in [-0.4, -0.2) is 28.7 Å². The largest absolute Gasteiger partial charge is 0.366 e. The molecule has 1 heterocycles. The van der Waals surface area contributed by atoms with Crippen molar-refractivity contribution in [3.8, 4) is 0 Å². The average molecular weight is 285 g/mol. The molecule has 1 aromatic heterocycles. The van der Waals surface area contributed by atoms with E-state index in [9.17, 15) is 14.4 Å². The van der Waals surface area contributed by atoms with E-state index in [1.54, 1.807) is 37.4 Å². The highest BCUT2D eigenvalue weighted by Gasteiger charge is 2.12. The van der Waals surface area contributed by atoms with E-state index in [1.165, 1.54) is 17.0 Å². The van der Waals surface area contributed by atoms with Crippen molar-refractivity contribution in [1.82, 2.24) is 9.88 Å². The molecule has 108 valence electrons. The smallest absolute Gasteiger partial charge is 0.270 e. The van der Waals surface area contributed by atoms with Crippen LogP contribution in [0.3, 0.4) is 0 Å². The summed E-state index contributed by atoms with van der Waals surface area (Å²) >= 11 is 0. The zero-order valence-corrected chi connectivity index (χ0v) is 11.5. The van der Waals surface area contributed by atoms with Crippen molar-refractivity contribution < 1.29 is 9.59 Å². The Kier molecular flexibility index (Phi) is 4.18. The number of nitrogens with two attached hydrogens (primary N) is 1. The van der Waals surface area contributed by atoms with Gasteiger partial charge >= 0.3 is 0 Å². The summed E-state index contributed by atoms with van der Waals surface area (Å²) in [6, 6.07) is 11.1. The van der Waals surface area contributed by atoms with Crippen molar-refractivity contribution in [2.24, 2.45) is 5.73 Å². The normalized spacial score (nSPS) is 10.1. The van der Waals surface area contributed by atoms with Crippen molar-refractivity contribution >= 4 is 11.8 Å². The van der Waals surface area contributed by atoms with E-state index in [4.69, 9.17) is 5.73 Å². The maximum atomic E-state index is 12.2. The van der Waals surface area contributed by atoms with Crippen LogP contribution >= 0.6 is 0 Å². The van der Waals surface area contributed by atoms with Gasteiger partial charge in [0.15, 0.2) is 0 Å². The van der Waals surface area contributed by atoms with Crippen molar-refractivity contribution in [1.29, 1.82) is 0 Å². The Morgan fingerprint density at radius 1 is 1.14 bits per heavy atom. The number of nitrogens with one attached hydrogen (secondary N) is 1. The van der Waals surface area contributed by atoms with E-state index in [0.29, 0.717) is 12.1 Å². The zero-order chi connectivity index (χ0) is 15.4. The van der Waals surface area contributed by atoms with Crippen LogP contribution in [0.5, 0.6) is 0 Å². The molecule has 0 unspecified atom stereocenters. The number of primary amides is 1. The topological polar surface area (TPSA) is 96.3 Å². The summed E-state index contributed by atoms with van der Waals surface area (Å²) in [4.78, 5) is 38.3. The Morgan fingerprint density at radius 3 is 2.38 bits per heavy atom. The minimum absolute atomic E-state index is 0.235. The van der Waals surface area contributed by atoms with Crippen molar-refractivity contribution in [2.45, 2.75) is 6.54 Å². The van der Waals surface area contributed by atoms with E-state index >= 15 is 0 Å². The lowest BCUT2D eigenvalue weighted by molar-refractivity contribution is 0.0778. The van der Waals surface area contributed by atoms with Gasteiger partial charge in [0, 0.05) is 25.2 Å². The fourth-order valence-corrected chi connectivity index (χ4v) is 1.90. The molecule has 0 aliphatic heterocycles. The molecule has 0 aliphatic carbocycles. The molecule has 0 bridgehead atoms. The van der Waals surface area contributed by atoms with Crippen molar-refractivity contribution in [3.63, 3.8) is 0 Å². The van der Waals surface area contributed by atoms with Crippen LogP contribution in [0.25, 0.3) is 0 Å². The van der Waals surface area contributed by atoms with E-state index in [2.05, 4.69) is 4.98 Å². The van der Waals surface area contributed by atoms with E-state index in [0.717, 1.165) is 5.56 Å². The second-order valence-corrected chi connectivity index (χ2v) is 4.65. The lowest BCUT2D eigenvalue weighted by Crippen LogP contribution is -2.28. The molecule has 0 saturated carbocycles. The molecular formula is C15H15N3O3. The van der Waals surface area contributed by atoms with E-state index in [1.807, 2.05) is 0 Å². The summed E-state index contributed by atoms with van der Waals surface area (Å²) in [7, 11) is 1.63. The lowest BCUT2D eigenvalue weighted by Gasteiger charge is -2.17. The number of rotatable bonds is 4. The number of carbonyl (C=O) groups excluding carboxylic acids is 2. The number of nitrogens with zero attached hydrogens (tertiary/aromatic N) is 1. The Morgan fingerprint density at radius 2 is 1.81 bits per heavy atom. The van der Waals surface area contributed by atoms with E-state index in [-0.39, 0.29) is 17.2 Å². The second kappa shape index (κ2) is 6.04. The van der Waals surface area contributed by atoms with Crippen molar-refractivity contribution in [3.05, 3.63) is 69.6 Å². The van der Waals surface area contributed by atoms with Gasteiger partial charge in [0.1, 0.15) is 5.69 Å². The predicted molar refractivity (Wildman–Crippen MR) is 77.8 cm³/mol. The number of aromatic nitrogens is 1. The van der Waals surface area contributed by atoms with Gasteiger partial charge in [0.2, 0.25) is 11.5 Å². The van der Waals surface area contributed by atoms with E-state index < -0.39 is 5.91 Å². The number of hydrogen-bond acceptors (Lipinski definition) is 3. The average Bonchev–Trinajstić information content (AvgIpc) is 2.47. The summed E-state index contributed by atoms with van der Waals surface area (Å²) in [6.07, 6.45) is 0. The molecule has 6 heteroatoms. The molecular weight excluding hydrogens is 270 g/mol. The maximum Gasteiger partial charge on any atom is 0.270 e. The fraction of sp³-hybridized carbons (Fsp3) is 0.133. The molecule has 0 spiro atoms. The van der Waals surface area contributed by atoms with Crippen LogP contribution in [-0.2, 0) is 6.54 Å². The maximum absolute atomic E-state index is 12.2. The zero-order valence-electron chi connectivity index (χ0n) is 11.5. The standard InChI is InChI=1S/C15H15N3O3/c1-18(15(21)12-3-2-4-13(19)17-12)9-10-5-7-11(8-6-10)14(16)20/h2-8H,9H2,1H3,(H2,16,20)(H,17,19). The Hall–Kier alpha value is -2.89. The number of benzene rings is 1. The second-order valence-electron chi connectivity index (χ2n) is 4.65. The van der Waals surface area contributed by atoms with Gasteiger partial charge in [0.25, 0.3) is 5.91 Å². The fourth-order valence-electron chi connectivity index (χ4n) is 1.90. The summed E-state index contributed by atoms with van der Waals surface area (Å²) in [5.41, 5.74) is 6.35. The van der Waals surface area contributed by atoms with Gasteiger partial charge in [0.05, 0.1) is 0 Å². The monoisotopic (exact) mass is 285 g/mol. The van der Waals surface area contributed by atoms with Crippen LogP contribution in [0.15, 0.2) is 47.3 Å². The first kappa shape index (κ1) is 14.5. The number of amides is 2.